The number of halogens is 2. The molecule has 1 atom stereocenters. The molecule has 3 aromatic carbocycles. The molecule has 10 heteroatoms. The number of nitrogens with zero attached hydrogens (tertiary/aromatic N) is 3. The SMILES string of the molecule is Cc1ccc(/C(O)=C2/C(=O)C(=O)N(c3nnc(SCc4ccc(Cl)cc4)s3)C2c2ccc(Cl)cc2)cc1. The minimum Gasteiger partial charge on any atom is -0.507 e. The summed E-state index contributed by atoms with van der Waals surface area (Å²) in [5.74, 6) is -1.18. The number of hydrogen-bond donors (Lipinski definition) is 1. The molecule has 1 unspecified atom stereocenters. The van der Waals surface area contributed by atoms with E-state index in [1.165, 1.54) is 28.0 Å². The Balaban J connectivity index is 1.53. The van der Waals surface area contributed by atoms with Gasteiger partial charge in [0.25, 0.3) is 5.78 Å². The fraction of sp³-hybridized carbons (Fsp3) is 0.111. The number of aryl methyl sites for hydroxylation is 1. The number of benzene rings is 3. The molecule has 1 fully saturated rings. The Morgan fingerprint density at radius 1 is 0.946 bits per heavy atom. The number of ketones is 1. The zero-order chi connectivity index (χ0) is 26.1. The van der Waals surface area contributed by atoms with Crippen LogP contribution in [0.15, 0.2) is 82.7 Å². The van der Waals surface area contributed by atoms with E-state index in [1.807, 2.05) is 43.3 Å². The molecule has 1 N–H and O–H groups in total. The first kappa shape index (κ1) is 25.5. The van der Waals surface area contributed by atoms with Gasteiger partial charge in [0, 0.05) is 21.4 Å². The van der Waals surface area contributed by atoms with Gasteiger partial charge in [-0.3, -0.25) is 14.5 Å². The van der Waals surface area contributed by atoms with Crippen LogP contribution in [-0.2, 0) is 15.3 Å². The van der Waals surface area contributed by atoms with Crippen LogP contribution in [0.25, 0.3) is 5.76 Å². The Labute approximate surface area is 231 Å². The molecule has 0 spiro atoms. The zero-order valence-electron chi connectivity index (χ0n) is 19.4. The van der Waals surface area contributed by atoms with Gasteiger partial charge in [0.15, 0.2) is 4.34 Å². The van der Waals surface area contributed by atoms with Crippen molar-refractivity contribution < 1.29 is 14.7 Å². The summed E-state index contributed by atoms with van der Waals surface area (Å²) < 4.78 is 0.639. The van der Waals surface area contributed by atoms with E-state index < -0.39 is 17.7 Å². The molecule has 0 aliphatic carbocycles. The smallest absolute Gasteiger partial charge is 0.301 e. The van der Waals surface area contributed by atoms with Crippen LogP contribution in [-0.4, -0.2) is 27.0 Å². The highest BCUT2D eigenvalue weighted by Crippen LogP contribution is 2.44. The van der Waals surface area contributed by atoms with Gasteiger partial charge in [0.05, 0.1) is 11.6 Å². The van der Waals surface area contributed by atoms with Gasteiger partial charge in [0.2, 0.25) is 5.13 Å². The van der Waals surface area contributed by atoms with Crippen molar-refractivity contribution in [1.82, 2.24) is 10.2 Å². The molecule has 1 saturated heterocycles. The predicted molar refractivity (Wildman–Crippen MR) is 148 cm³/mol. The lowest BCUT2D eigenvalue weighted by Crippen LogP contribution is -2.29. The molecule has 6 nitrogen and oxygen atoms in total. The minimum absolute atomic E-state index is 0.0123. The number of thioether (sulfide) groups is 1. The molecule has 4 aromatic rings. The van der Waals surface area contributed by atoms with E-state index in [1.54, 1.807) is 36.4 Å². The first-order valence-corrected chi connectivity index (χ1v) is 13.7. The van der Waals surface area contributed by atoms with Crippen molar-refractivity contribution in [3.05, 3.63) is 111 Å². The lowest BCUT2D eigenvalue weighted by molar-refractivity contribution is -0.132. The number of Topliss-reactive ketones (excluding diaryl/α,β-unsaturated/α-hetero) is 1. The highest BCUT2D eigenvalue weighted by Gasteiger charge is 2.48. The summed E-state index contributed by atoms with van der Waals surface area (Å²) in [7, 11) is 0. The van der Waals surface area contributed by atoms with E-state index in [2.05, 4.69) is 10.2 Å². The highest BCUT2D eigenvalue weighted by atomic mass is 35.5. The van der Waals surface area contributed by atoms with Crippen molar-refractivity contribution in [3.8, 4) is 0 Å². The minimum atomic E-state index is -0.888. The summed E-state index contributed by atoms with van der Waals surface area (Å²) in [5.41, 5.74) is 3.11. The predicted octanol–water partition coefficient (Wildman–Crippen LogP) is 7.07. The van der Waals surface area contributed by atoms with Gasteiger partial charge in [-0.05, 0) is 42.3 Å². The number of aliphatic hydroxyl groups is 1. The topological polar surface area (TPSA) is 83.4 Å². The summed E-state index contributed by atoms with van der Waals surface area (Å²) in [5, 5.41) is 21.1. The highest BCUT2D eigenvalue weighted by molar-refractivity contribution is 8.00. The van der Waals surface area contributed by atoms with Crippen molar-refractivity contribution in [3.63, 3.8) is 0 Å². The number of rotatable bonds is 6. The average Bonchev–Trinajstić information content (AvgIpc) is 3.46. The Kier molecular flexibility index (Phi) is 7.35. The summed E-state index contributed by atoms with van der Waals surface area (Å²) in [4.78, 5) is 27.9. The third-order valence-electron chi connectivity index (χ3n) is 5.83. The van der Waals surface area contributed by atoms with Gasteiger partial charge in [-0.25, -0.2) is 0 Å². The Morgan fingerprint density at radius 2 is 1.57 bits per heavy atom. The fourth-order valence-electron chi connectivity index (χ4n) is 3.94. The Hall–Kier alpha value is -3.17. The van der Waals surface area contributed by atoms with E-state index in [0.717, 1.165) is 11.1 Å². The molecule has 1 aromatic heterocycles. The van der Waals surface area contributed by atoms with Crippen LogP contribution in [0.2, 0.25) is 10.0 Å². The molecular formula is C27H19Cl2N3O3S2. The van der Waals surface area contributed by atoms with Crippen molar-refractivity contribution in [1.29, 1.82) is 0 Å². The lowest BCUT2D eigenvalue weighted by Gasteiger charge is -2.22. The maximum absolute atomic E-state index is 13.3. The van der Waals surface area contributed by atoms with Crippen LogP contribution < -0.4 is 4.90 Å². The maximum atomic E-state index is 13.3. The standard InChI is InChI=1S/C27H19Cl2N3O3S2/c1-15-2-6-18(7-3-15)23(33)21-22(17-8-12-20(29)13-9-17)32(25(35)24(21)34)26-30-31-27(37-26)36-14-16-4-10-19(28)11-5-16/h2-13,22,33H,14H2,1H3/b23-21-. The number of aliphatic hydroxyl groups excluding tert-OH is 1. The molecule has 2 heterocycles. The number of hydrogen-bond acceptors (Lipinski definition) is 7. The van der Waals surface area contributed by atoms with E-state index in [9.17, 15) is 14.7 Å². The van der Waals surface area contributed by atoms with Gasteiger partial charge < -0.3 is 5.11 Å². The molecule has 5 rings (SSSR count). The second kappa shape index (κ2) is 10.7. The third-order valence-corrected chi connectivity index (χ3v) is 8.46. The van der Waals surface area contributed by atoms with E-state index >= 15 is 0 Å². The van der Waals surface area contributed by atoms with Gasteiger partial charge in [-0.1, -0.05) is 100 Å². The van der Waals surface area contributed by atoms with E-state index in [-0.39, 0.29) is 16.5 Å². The Morgan fingerprint density at radius 3 is 2.22 bits per heavy atom. The normalized spacial score (nSPS) is 16.9. The van der Waals surface area contributed by atoms with Gasteiger partial charge >= 0.3 is 5.91 Å². The first-order valence-electron chi connectivity index (χ1n) is 11.2. The number of amides is 1. The van der Waals surface area contributed by atoms with E-state index in [4.69, 9.17) is 23.2 Å². The summed E-state index contributed by atoms with van der Waals surface area (Å²) in [6, 6.07) is 20.5. The summed E-state index contributed by atoms with van der Waals surface area (Å²) in [6.45, 7) is 1.93. The van der Waals surface area contributed by atoms with Crippen LogP contribution in [0, 0.1) is 6.92 Å². The van der Waals surface area contributed by atoms with Crippen molar-refractivity contribution in [2.24, 2.45) is 0 Å². The second-order valence-corrected chi connectivity index (χ2v) is 11.4. The number of carbonyl (C=O) groups is 2. The third kappa shape index (κ3) is 5.29. The molecule has 186 valence electrons. The molecule has 1 aliphatic rings. The van der Waals surface area contributed by atoms with Crippen molar-refractivity contribution in [2.75, 3.05) is 4.90 Å². The Bertz CT molecular complexity index is 1500. The molecule has 1 aliphatic heterocycles. The monoisotopic (exact) mass is 567 g/mol. The van der Waals surface area contributed by atoms with Gasteiger partial charge in [0.1, 0.15) is 5.76 Å². The molecule has 0 bridgehead atoms. The number of carbonyl (C=O) groups excluding carboxylic acids is 2. The van der Waals surface area contributed by atoms with Crippen LogP contribution in [0.5, 0.6) is 0 Å². The molecule has 0 radical (unpaired) electrons. The molecule has 1 amide bonds. The quantitative estimate of drug-likeness (QED) is 0.0881. The van der Waals surface area contributed by atoms with Crippen LogP contribution in [0.1, 0.15) is 28.3 Å². The van der Waals surface area contributed by atoms with Crippen LogP contribution in [0.3, 0.4) is 0 Å². The fourth-order valence-corrected chi connectivity index (χ4v) is 6.02. The molecule has 37 heavy (non-hydrogen) atoms. The zero-order valence-corrected chi connectivity index (χ0v) is 22.5. The lowest BCUT2D eigenvalue weighted by atomic mass is 9.95. The number of aromatic nitrogens is 2. The van der Waals surface area contributed by atoms with Crippen LogP contribution >= 0.6 is 46.3 Å². The number of anilines is 1. The molecular weight excluding hydrogens is 549 g/mol. The first-order chi connectivity index (χ1) is 17.8. The largest absolute Gasteiger partial charge is 0.507 e. The van der Waals surface area contributed by atoms with Gasteiger partial charge in [-0.2, -0.15) is 0 Å². The van der Waals surface area contributed by atoms with Gasteiger partial charge in [-0.15, -0.1) is 10.2 Å². The molecule has 0 saturated carbocycles. The summed E-state index contributed by atoms with van der Waals surface area (Å²) in [6.07, 6.45) is 0. The van der Waals surface area contributed by atoms with E-state index in [0.29, 0.717) is 31.3 Å². The van der Waals surface area contributed by atoms with Crippen molar-refractivity contribution in [2.45, 2.75) is 23.1 Å². The van der Waals surface area contributed by atoms with Crippen molar-refractivity contribution >= 4 is 68.9 Å². The average molecular weight is 569 g/mol. The maximum Gasteiger partial charge on any atom is 0.301 e. The second-order valence-electron chi connectivity index (χ2n) is 8.35. The van der Waals surface area contributed by atoms with Crippen LogP contribution in [0.4, 0.5) is 5.13 Å². The summed E-state index contributed by atoms with van der Waals surface area (Å²) >= 11 is 14.7.